The van der Waals surface area contributed by atoms with Gasteiger partial charge in [-0.1, -0.05) is 26.2 Å². The van der Waals surface area contributed by atoms with Gasteiger partial charge >= 0.3 is 11.9 Å². The van der Waals surface area contributed by atoms with Gasteiger partial charge in [-0.05, 0) is 26.2 Å². The maximum Gasteiger partial charge on any atom is 0.323 e. The van der Waals surface area contributed by atoms with Crippen molar-refractivity contribution in [2.75, 3.05) is 20.3 Å². The fourth-order valence-electron chi connectivity index (χ4n) is 2.87. The summed E-state index contributed by atoms with van der Waals surface area (Å²) in [5.74, 6) is -0.507. The molecule has 0 aliphatic heterocycles. The predicted octanol–water partition coefficient (Wildman–Crippen LogP) is 2.14. The topological polar surface area (TPSA) is 55.8 Å². The molecule has 116 valence electrons. The van der Waals surface area contributed by atoms with Gasteiger partial charge in [-0.15, -0.1) is 0 Å². The van der Waals surface area contributed by atoms with Crippen molar-refractivity contribution in [3.63, 3.8) is 0 Å². The molecule has 0 heterocycles. The number of ether oxygens (including phenoxy) is 2. The number of methoxy groups -OCH3 is 1. The second-order valence-electron chi connectivity index (χ2n) is 5.24. The van der Waals surface area contributed by atoms with Gasteiger partial charge in [0.15, 0.2) is 0 Å². The summed E-state index contributed by atoms with van der Waals surface area (Å²) in [4.78, 5) is 25.8. The molecule has 1 rings (SSSR count). The van der Waals surface area contributed by atoms with Gasteiger partial charge in [-0.3, -0.25) is 14.5 Å². The Morgan fingerprint density at radius 3 is 2.40 bits per heavy atom. The van der Waals surface area contributed by atoms with Gasteiger partial charge in [0, 0.05) is 6.04 Å². The van der Waals surface area contributed by atoms with Crippen molar-refractivity contribution in [2.24, 2.45) is 0 Å². The molecule has 0 aromatic rings. The van der Waals surface area contributed by atoms with E-state index in [0.717, 1.165) is 32.1 Å². The lowest BCUT2D eigenvalue weighted by Crippen LogP contribution is -2.49. The van der Waals surface area contributed by atoms with Gasteiger partial charge in [0.2, 0.25) is 0 Å². The molecule has 0 radical (unpaired) electrons. The van der Waals surface area contributed by atoms with Crippen LogP contribution in [0.1, 0.15) is 52.4 Å². The van der Waals surface area contributed by atoms with Crippen LogP contribution in [0.4, 0.5) is 0 Å². The molecule has 0 aromatic carbocycles. The Labute approximate surface area is 121 Å². The first-order valence-electron chi connectivity index (χ1n) is 7.63. The molecule has 0 saturated heterocycles. The Kier molecular flexibility index (Phi) is 7.59. The van der Waals surface area contributed by atoms with E-state index in [4.69, 9.17) is 9.47 Å². The van der Waals surface area contributed by atoms with Crippen LogP contribution >= 0.6 is 0 Å². The molecule has 1 saturated carbocycles. The molecule has 1 atom stereocenters. The van der Waals surface area contributed by atoms with Gasteiger partial charge in [0.05, 0.1) is 20.3 Å². The van der Waals surface area contributed by atoms with E-state index in [1.54, 1.807) is 6.92 Å². The van der Waals surface area contributed by atoms with Crippen LogP contribution < -0.4 is 0 Å². The average molecular weight is 285 g/mol. The fraction of sp³-hybridized carbons (Fsp3) is 0.867. The smallest absolute Gasteiger partial charge is 0.323 e. The number of carbonyl (C=O) groups is 2. The summed E-state index contributed by atoms with van der Waals surface area (Å²) >= 11 is 0. The number of hydrogen-bond acceptors (Lipinski definition) is 5. The van der Waals surface area contributed by atoms with Crippen molar-refractivity contribution >= 4 is 11.9 Å². The van der Waals surface area contributed by atoms with E-state index in [1.807, 2.05) is 11.8 Å². The zero-order valence-corrected chi connectivity index (χ0v) is 12.9. The minimum Gasteiger partial charge on any atom is -0.468 e. The quantitative estimate of drug-likeness (QED) is 0.639. The number of esters is 2. The van der Waals surface area contributed by atoms with Crippen LogP contribution in [0.5, 0.6) is 0 Å². The molecule has 0 N–H and O–H groups in total. The zero-order valence-electron chi connectivity index (χ0n) is 12.9. The Morgan fingerprint density at radius 1 is 1.25 bits per heavy atom. The van der Waals surface area contributed by atoms with Gasteiger partial charge in [-0.2, -0.15) is 0 Å². The van der Waals surface area contributed by atoms with Crippen molar-refractivity contribution in [3.8, 4) is 0 Å². The summed E-state index contributed by atoms with van der Waals surface area (Å²) in [6, 6.07) is -0.0443. The minimum absolute atomic E-state index is 0.171. The van der Waals surface area contributed by atoms with Gasteiger partial charge in [0.25, 0.3) is 0 Å². The van der Waals surface area contributed by atoms with E-state index in [9.17, 15) is 9.59 Å². The maximum atomic E-state index is 12.2. The number of rotatable bonds is 8. The van der Waals surface area contributed by atoms with Crippen molar-refractivity contribution < 1.29 is 19.1 Å². The monoisotopic (exact) mass is 285 g/mol. The molecule has 1 unspecified atom stereocenters. The summed E-state index contributed by atoms with van der Waals surface area (Å²) in [6.45, 7) is 4.39. The molecule has 1 fully saturated rings. The predicted molar refractivity (Wildman–Crippen MR) is 76.3 cm³/mol. The van der Waals surface area contributed by atoms with Crippen molar-refractivity contribution in [1.82, 2.24) is 4.90 Å². The lowest BCUT2D eigenvalue weighted by atomic mass is 10.1. The van der Waals surface area contributed by atoms with Crippen LogP contribution in [0.3, 0.4) is 0 Å². The Morgan fingerprint density at radius 2 is 1.90 bits per heavy atom. The highest BCUT2D eigenvalue weighted by Gasteiger charge is 2.34. The van der Waals surface area contributed by atoms with Crippen LogP contribution in [0, 0.1) is 0 Å². The molecule has 0 bridgehead atoms. The molecular weight excluding hydrogens is 258 g/mol. The van der Waals surface area contributed by atoms with Crippen LogP contribution in [0.15, 0.2) is 0 Å². The number of carbonyl (C=O) groups excluding carboxylic acids is 2. The van der Waals surface area contributed by atoms with E-state index in [0.29, 0.717) is 13.0 Å². The van der Waals surface area contributed by atoms with Crippen LogP contribution in [-0.2, 0) is 19.1 Å². The molecular formula is C15H27NO4. The summed E-state index contributed by atoms with van der Waals surface area (Å²) in [5, 5.41) is 0. The standard InChI is InChI=1S/C15H27NO4/c1-4-8-13(15(18)20-5-2)16(11-14(17)19-3)12-9-6-7-10-12/h12-13H,4-11H2,1-3H3. The summed E-state index contributed by atoms with van der Waals surface area (Å²) < 4.78 is 9.96. The highest BCUT2D eigenvalue weighted by Crippen LogP contribution is 2.26. The van der Waals surface area contributed by atoms with E-state index < -0.39 is 0 Å². The molecule has 5 heteroatoms. The Hall–Kier alpha value is -1.10. The summed E-state index contributed by atoms with van der Waals surface area (Å²) in [6.07, 6.45) is 5.99. The average Bonchev–Trinajstić information content (AvgIpc) is 2.96. The van der Waals surface area contributed by atoms with Gasteiger partial charge in [0.1, 0.15) is 6.04 Å². The van der Waals surface area contributed by atoms with Crippen molar-refractivity contribution in [3.05, 3.63) is 0 Å². The van der Waals surface area contributed by atoms with Crippen LogP contribution in [0.2, 0.25) is 0 Å². The third kappa shape index (κ3) is 4.78. The second kappa shape index (κ2) is 8.95. The third-order valence-electron chi connectivity index (χ3n) is 3.85. The van der Waals surface area contributed by atoms with E-state index in [-0.39, 0.29) is 30.6 Å². The third-order valence-corrected chi connectivity index (χ3v) is 3.85. The van der Waals surface area contributed by atoms with Crippen LogP contribution in [-0.4, -0.2) is 49.2 Å². The molecule has 0 spiro atoms. The normalized spacial score (nSPS) is 17.2. The maximum absolute atomic E-state index is 12.2. The van der Waals surface area contributed by atoms with Crippen molar-refractivity contribution in [2.45, 2.75) is 64.5 Å². The SMILES string of the molecule is CCCC(C(=O)OCC)N(CC(=O)OC)C1CCCC1. The highest BCUT2D eigenvalue weighted by atomic mass is 16.5. The summed E-state index contributed by atoms with van der Waals surface area (Å²) in [5.41, 5.74) is 0. The first-order valence-corrected chi connectivity index (χ1v) is 7.63. The Bertz CT molecular complexity index is 313. The van der Waals surface area contributed by atoms with Crippen LogP contribution in [0.25, 0.3) is 0 Å². The van der Waals surface area contributed by atoms with Gasteiger partial charge in [-0.25, -0.2) is 0 Å². The van der Waals surface area contributed by atoms with Gasteiger partial charge < -0.3 is 9.47 Å². The second-order valence-corrected chi connectivity index (χ2v) is 5.24. The van der Waals surface area contributed by atoms with E-state index >= 15 is 0 Å². The van der Waals surface area contributed by atoms with Crippen molar-refractivity contribution in [1.29, 1.82) is 0 Å². The first kappa shape index (κ1) is 17.0. The molecule has 0 aromatic heterocycles. The molecule has 5 nitrogen and oxygen atoms in total. The molecule has 0 amide bonds. The van der Waals surface area contributed by atoms with E-state index in [1.165, 1.54) is 7.11 Å². The number of hydrogen-bond donors (Lipinski definition) is 0. The molecule has 1 aliphatic rings. The van der Waals surface area contributed by atoms with E-state index in [2.05, 4.69) is 0 Å². The lowest BCUT2D eigenvalue weighted by Gasteiger charge is -2.34. The minimum atomic E-state index is -0.331. The zero-order chi connectivity index (χ0) is 15.0. The lowest BCUT2D eigenvalue weighted by molar-refractivity contribution is -0.154. The number of nitrogens with zero attached hydrogens (tertiary/aromatic N) is 1. The largest absolute Gasteiger partial charge is 0.468 e. The first-order chi connectivity index (χ1) is 9.63. The molecule has 1 aliphatic carbocycles. The Balaban J connectivity index is 2.83. The summed E-state index contributed by atoms with van der Waals surface area (Å²) in [7, 11) is 1.38. The molecule has 20 heavy (non-hydrogen) atoms. The fourth-order valence-corrected chi connectivity index (χ4v) is 2.87. The highest BCUT2D eigenvalue weighted by molar-refractivity contribution is 5.78.